The van der Waals surface area contributed by atoms with Crippen LogP contribution in [0.3, 0.4) is 0 Å². The summed E-state index contributed by atoms with van der Waals surface area (Å²) in [5, 5.41) is 6.73. The molecule has 0 aliphatic heterocycles. The first-order chi connectivity index (χ1) is 12.1. The van der Waals surface area contributed by atoms with Gasteiger partial charge in [-0.3, -0.25) is 4.99 Å². The Kier molecular flexibility index (Phi) is 10.0. The maximum atomic E-state index is 5.39. The second kappa shape index (κ2) is 11.7. The molecule has 2 rings (SSSR count). The van der Waals surface area contributed by atoms with Crippen molar-refractivity contribution in [1.82, 2.24) is 15.5 Å². The van der Waals surface area contributed by atoms with Crippen molar-refractivity contribution in [3.63, 3.8) is 0 Å². The average Bonchev–Trinajstić information content (AvgIpc) is 2.63. The van der Waals surface area contributed by atoms with Crippen LogP contribution in [-0.2, 0) is 19.6 Å². The minimum Gasteiger partial charge on any atom is -0.496 e. The van der Waals surface area contributed by atoms with Gasteiger partial charge < -0.3 is 20.3 Å². The van der Waals surface area contributed by atoms with E-state index in [9.17, 15) is 0 Å². The SMILES string of the molecule is CN=C(NCc1ccccc1CN(C)C)NCc1ccccc1OC.I. The van der Waals surface area contributed by atoms with Crippen molar-refractivity contribution in [1.29, 1.82) is 0 Å². The predicted octanol–water partition coefficient (Wildman–Crippen LogP) is 3.24. The van der Waals surface area contributed by atoms with Crippen LogP contribution in [0.2, 0.25) is 0 Å². The molecule has 0 bridgehead atoms. The lowest BCUT2D eigenvalue weighted by molar-refractivity contribution is 0.400. The summed E-state index contributed by atoms with van der Waals surface area (Å²) in [7, 11) is 7.63. The Morgan fingerprint density at radius 3 is 2.04 bits per heavy atom. The summed E-state index contributed by atoms with van der Waals surface area (Å²) in [6.45, 7) is 2.31. The van der Waals surface area contributed by atoms with Crippen molar-refractivity contribution in [2.45, 2.75) is 19.6 Å². The molecule has 2 N–H and O–H groups in total. The molecule has 0 spiro atoms. The molecule has 0 radical (unpaired) electrons. The van der Waals surface area contributed by atoms with Gasteiger partial charge in [0, 0.05) is 32.2 Å². The van der Waals surface area contributed by atoms with Crippen molar-refractivity contribution >= 4 is 29.9 Å². The van der Waals surface area contributed by atoms with Crippen LogP contribution in [0.4, 0.5) is 0 Å². The molecule has 0 saturated heterocycles. The number of aliphatic imine (C=N–C) groups is 1. The number of ether oxygens (including phenoxy) is 1. The van der Waals surface area contributed by atoms with Crippen LogP contribution in [0.1, 0.15) is 16.7 Å². The molecule has 0 saturated carbocycles. The second-order valence-electron chi connectivity index (χ2n) is 6.10. The van der Waals surface area contributed by atoms with E-state index >= 15 is 0 Å². The van der Waals surface area contributed by atoms with Crippen LogP contribution in [-0.4, -0.2) is 39.1 Å². The molecule has 0 heterocycles. The van der Waals surface area contributed by atoms with E-state index in [2.05, 4.69) is 58.9 Å². The number of guanidine groups is 1. The van der Waals surface area contributed by atoms with Gasteiger partial charge >= 0.3 is 0 Å². The smallest absolute Gasteiger partial charge is 0.191 e. The average molecular weight is 468 g/mol. The minimum atomic E-state index is 0. The van der Waals surface area contributed by atoms with Gasteiger partial charge in [-0.15, -0.1) is 24.0 Å². The number of para-hydroxylation sites is 1. The van der Waals surface area contributed by atoms with Crippen molar-refractivity contribution in [3.8, 4) is 5.75 Å². The van der Waals surface area contributed by atoms with E-state index in [4.69, 9.17) is 4.74 Å². The van der Waals surface area contributed by atoms with Crippen LogP contribution < -0.4 is 15.4 Å². The summed E-state index contributed by atoms with van der Waals surface area (Å²) in [6.07, 6.45) is 0. The number of halogens is 1. The van der Waals surface area contributed by atoms with Crippen LogP contribution in [0, 0.1) is 0 Å². The third-order valence-corrected chi connectivity index (χ3v) is 3.91. The van der Waals surface area contributed by atoms with Gasteiger partial charge in [-0.05, 0) is 31.3 Å². The van der Waals surface area contributed by atoms with Gasteiger partial charge in [0.25, 0.3) is 0 Å². The molecule has 0 aliphatic carbocycles. The first kappa shape index (κ1) is 22.2. The maximum Gasteiger partial charge on any atom is 0.191 e. The first-order valence-corrected chi connectivity index (χ1v) is 8.42. The Hall–Kier alpha value is -1.80. The van der Waals surface area contributed by atoms with E-state index in [1.165, 1.54) is 11.1 Å². The van der Waals surface area contributed by atoms with Crippen molar-refractivity contribution in [3.05, 3.63) is 65.2 Å². The Morgan fingerprint density at radius 2 is 1.46 bits per heavy atom. The Bertz CT molecular complexity index is 704. The van der Waals surface area contributed by atoms with E-state index in [-0.39, 0.29) is 24.0 Å². The highest BCUT2D eigenvalue weighted by Gasteiger charge is 2.06. The van der Waals surface area contributed by atoms with Gasteiger partial charge in [-0.25, -0.2) is 0 Å². The summed E-state index contributed by atoms with van der Waals surface area (Å²) < 4.78 is 5.39. The highest BCUT2D eigenvalue weighted by molar-refractivity contribution is 14.0. The van der Waals surface area contributed by atoms with E-state index in [0.717, 1.165) is 30.4 Å². The third kappa shape index (κ3) is 6.84. The normalized spacial score (nSPS) is 11.0. The summed E-state index contributed by atoms with van der Waals surface area (Å²) in [6, 6.07) is 16.5. The van der Waals surface area contributed by atoms with Crippen LogP contribution in [0.25, 0.3) is 0 Å². The molecule has 0 aromatic heterocycles. The molecule has 0 aliphatic rings. The zero-order valence-electron chi connectivity index (χ0n) is 16.0. The molecule has 0 atom stereocenters. The lowest BCUT2D eigenvalue weighted by Gasteiger charge is -2.17. The number of hydrogen-bond acceptors (Lipinski definition) is 3. The summed E-state index contributed by atoms with van der Waals surface area (Å²) in [5.41, 5.74) is 3.69. The van der Waals surface area contributed by atoms with Crippen LogP contribution in [0.5, 0.6) is 5.75 Å². The Morgan fingerprint density at radius 1 is 0.923 bits per heavy atom. The fourth-order valence-corrected chi connectivity index (χ4v) is 2.65. The molecule has 0 unspecified atom stereocenters. The number of nitrogens with zero attached hydrogens (tertiary/aromatic N) is 2. The standard InChI is InChI=1S/C20H28N4O.HI/c1-21-20(23-14-17-10-7-8-12-19(17)25-4)22-13-16-9-5-6-11-18(16)15-24(2)3;/h5-12H,13-15H2,1-4H3,(H2,21,22,23);1H. The molecule has 2 aromatic carbocycles. The summed E-state index contributed by atoms with van der Waals surface area (Å²) in [4.78, 5) is 6.48. The van der Waals surface area contributed by atoms with E-state index in [1.54, 1.807) is 14.2 Å². The van der Waals surface area contributed by atoms with Crippen molar-refractivity contribution in [2.24, 2.45) is 4.99 Å². The van der Waals surface area contributed by atoms with Crippen molar-refractivity contribution in [2.75, 3.05) is 28.3 Å². The molecule has 5 nitrogen and oxygen atoms in total. The first-order valence-electron chi connectivity index (χ1n) is 8.42. The number of hydrogen-bond donors (Lipinski definition) is 2. The third-order valence-electron chi connectivity index (χ3n) is 3.91. The molecule has 0 amide bonds. The molecular formula is C20H29IN4O. The number of rotatable bonds is 7. The fraction of sp³-hybridized carbons (Fsp3) is 0.350. The quantitative estimate of drug-likeness (QED) is 0.372. The van der Waals surface area contributed by atoms with Gasteiger partial charge in [0.15, 0.2) is 5.96 Å². The molecule has 0 fully saturated rings. The number of nitrogens with one attached hydrogen (secondary N) is 2. The maximum absolute atomic E-state index is 5.39. The van der Waals surface area contributed by atoms with Gasteiger partial charge in [0.1, 0.15) is 5.75 Å². The number of benzene rings is 2. The van der Waals surface area contributed by atoms with E-state index < -0.39 is 0 Å². The molecule has 26 heavy (non-hydrogen) atoms. The highest BCUT2D eigenvalue weighted by Crippen LogP contribution is 2.16. The largest absolute Gasteiger partial charge is 0.496 e. The topological polar surface area (TPSA) is 48.9 Å². The Balaban J connectivity index is 0.00000338. The molecule has 142 valence electrons. The highest BCUT2D eigenvalue weighted by atomic mass is 127. The van der Waals surface area contributed by atoms with Gasteiger partial charge in [0.05, 0.1) is 7.11 Å². The molecule has 6 heteroatoms. The molecule has 2 aromatic rings. The van der Waals surface area contributed by atoms with Gasteiger partial charge in [-0.1, -0.05) is 42.5 Å². The zero-order chi connectivity index (χ0) is 18.1. The fourth-order valence-electron chi connectivity index (χ4n) is 2.65. The zero-order valence-corrected chi connectivity index (χ0v) is 18.3. The number of methoxy groups -OCH3 is 1. The lowest BCUT2D eigenvalue weighted by Crippen LogP contribution is -2.36. The summed E-state index contributed by atoms with van der Waals surface area (Å²) in [5.74, 6) is 1.65. The van der Waals surface area contributed by atoms with Crippen molar-refractivity contribution < 1.29 is 4.74 Å². The van der Waals surface area contributed by atoms with Crippen LogP contribution in [0.15, 0.2) is 53.5 Å². The van der Waals surface area contributed by atoms with Gasteiger partial charge in [-0.2, -0.15) is 0 Å². The van der Waals surface area contributed by atoms with Gasteiger partial charge in [0.2, 0.25) is 0 Å². The van der Waals surface area contributed by atoms with Crippen LogP contribution >= 0.6 is 24.0 Å². The van der Waals surface area contributed by atoms with E-state index in [0.29, 0.717) is 6.54 Å². The van der Waals surface area contributed by atoms with E-state index in [1.807, 2.05) is 24.3 Å². The summed E-state index contributed by atoms with van der Waals surface area (Å²) >= 11 is 0. The monoisotopic (exact) mass is 468 g/mol. The second-order valence-corrected chi connectivity index (χ2v) is 6.10. The predicted molar refractivity (Wildman–Crippen MR) is 119 cm³/mol. The minimum absolute atomic E-state index is 0. The lowest BCUT2D eigenvalue weighted by atomic mass is 10.1. The Labute approximate surface area is 173 Å². The molecular weight excluding hydrogens is 439 g/mol.